The predicted octanol–water partition coefficient (Wildman–Crippen LogP) is 2.20. The zero-order chi connectivity index (χ0) is 13.8. The maximum Gasteiger partial charge on any atom is 0.350 e. The third-order valence-corrected chi connectivity index (χ3v) is 9.17. The Balaban J connectivity index is 2.32. The van der Waals surface area contributed by atoms with Crippen molar-refractivity contribution in [1.29, 1.82) is 0 Å². The fourth-order valence-electron chi connectivity index (χ4n) is 3.32. The van der Waals surface area contributed by atoms with Crippen molar-refractivity contribution in [3.05, 3.63) is 0 Å². The Kier molecular flexibility index (Phi) is 3.44. The van der Waals surface area contributed by atoms with Crippen molar-refractivity contribution in [3.8, 4) is 0 Å². The molecule has 0 unspecified atom stereocenters. The second kappa shape index (κ2) is 4.28. The van der Waals surface area contributed by atoms with E-state index in [2.05, 4.69) is 41.5 Å². The molecular formula is C13H26O4Si. The number of hydrogen-bond acceptors (Lipinski definition) is 4. The van der Waals surface area contributed by atoms with Gasteiger partial charge < -0.3 is 18.7 Å². The van der Waals surface area contributed by atoms with E-state index >= 15 is 0 Å². The van der Waals surface area contributed by atoms with Crippen molar-refractivity contribution in [3.63, 3.8) is 0 Å². The van der Waals surface area contributed by atoms with Crippen molar-refractivity contribution < 1.29 is 18.7 Å². The topological polar surface area (TPSA) is 47.9 Å². The first-order chi connectivity index (χ1) is 8.12. The molecule has 0 radical (unpaired) electrons. The highest BCUT2D eigenvalue weighted by atomic mass is 28.4. The monoisotopic (exact) mass is 274 g/mol. The minimum absolute atomic E-state index is 0.00327. The highest BCUT2D eigenvalue weighted by Crippen LogP contribution is 2.57. The highest BCUT2D eigenvalue weighted by molar-refractivity contribution is 6.74. The van der Waals surface area contributed by atoms with Gasteiger partial charge in [0.1, 0.15) is 12.2 Å². The summed E-state index contributed by atoms with van der Waals surface area (Å²) in [6.45, 7) is 13.7. The zero-order valence-electron chi connectivity index (χ0n) is 12.3. The minimum Gasteiger partial charge on any atom is -0.394 e. The van der Waals surface area contributed by atoms with Gasteiger partial charge in [0.05, 0.1) is 19.3 Å². The van der Waals surface area contributed by atoms with E-state index in [1.807, 2.05) is 0 Å². The van der Waals surface area contributed by atoms with Gasteiger partial charge in [-0.2, -0.15) is 0 Å². The lowest BCUT2D eigenvalue weighted by Crippen LogP contribution is -2.55. The van der Waals surface area contributed by atoms with Gasteiger partial charge in [0.25, 0.3) is 0 Å². The van der Waals surface area contributed by atoms with E-state index in [0.29, 0.717) is 6.61 Å². The van der Waals surface area contributed by atoms with Gasteiger partial charge >= 0.3 is 8.56 Å². The number of aliphatic hydroxyl groups is 1. The number of hydrogen-bond donors (Lipinski definition) is 1. The highest BCUT2D eigenvalue weighted by Gasteiger charge is 2.66. The standard InChI is InChI=1S/C13H26O4Si/c1-12(2,3)18(13(4,5)6)16-10-8-15-9(7-14)11(10)17-18/h9-11,14H,7-8H2,1-6H3/t9-,10+,11-/m1/s1. The van der Waals surface area contributed by atoms with Crippen molar-refractivity contribution in [2.24, 2.45) is 0 Å². The molecule has 5 heteroatoms. The molecule has 0 aromatic carbocycles. The van der Waals surface area contributed by atoms with Gasteiger partial charge in [0, 0.05) is 10.1 Å². The Morgan fingerprint density at radius 1 is 1.06 bits per heavy atom. The largest absolute Gasteiger partial charge is 0.394 e. The lowest BCUT2D eigenvalue weighted by Gasteiger charge is -2.46. The third kappa shape index (κ3) is 1.96. The SMILES string of the molecule is CC(C)(C)[Si]1(C(C)(C)C)O[C@H]2[C@H](CO[C@@H]2CO)O1. The average Bonchev–Trinajstić information content (AvgIpc) is 2.70. The second-order valence-electron chi connectivity index (χ2n) is 7.41. The van der Waals surface area contributed by atoms with Crippen LogP contribution in [-0.2, 0) is 13.6 Å². The summed E-state index contributed by atoms with van der Waals surface area (Å²) in [6.07, 6.45) is -0.332. The Labute approximate surface area is 111 Å². The fourth-order valence-corrected chi connectivity index (χ4v) is 8.36. The van der Waals surface area contributed by atoms with E-state index in [9.17, 15) is 5.11 Å². The van der Waals surface area contributed by atoms with Gasteiger partial charge in [-0.1, -0.05) is 41.5 Å². The predicted molar refractivity (Wildman–Crippen MR) is 71.8 cm³/mol. The van der Waals surface area contributed by atoms with Crippen LogP contribution >= 0.6 is 0 Å². The van der Waals surface area contributed by atoms with Crippen LogP contribution in [0.3, 0.4) is 0 Å². The Bertz CT molecular complexity index is 304. The van der Waals surface area contributed by atoms with Gasteiger partial charge in [0.2, 0.25) is 0 Å². The molecule has 0 saturated carbocycles. The third-order valence-electron chi connectivity index (χ3n) is 3.98. The van der Waals surface area contributed by atoms with Crippen LogP contribution < -0.4 is 0 Å². The van der Waals surface area contributed by atoms with Gasteiger partial charge in [0.15, 0.2) is 0 Å². The summed E-state index contributed by atoms with van der Waals surface area (Å²) in [5, 5.41) is 9.34. The average molecular weight is 274 g/mol. The second-order valence-corrected chi connectivity index (χ2v) is 12.1. The molecule has 0 aliphatic carbocycles. The molecular weight excluding hydrogens is 248 g/mol. The number of aliphatic hydroxyl groups excluding tert-OH is 1. The fraction of sp³-hybridized carbons (Fsp3) is 1.00. The molecule has 0 aromatic rings. The molecule has 4 nitrogen and oxygen atoms in total. The molecule has 1 N–H and O–H groups in total. The smallest absolute Gasteiger partial charge is 0.350 e. The first-order valence-electron chi connectivity index (χ1n) is 6.70. The molecule has 2 aliphatic heterocycles. The van der Waals surface area contributed by atoms with E-state index in [1.165, 1.54) is 0 Å². The van der Waals surface area contributed by atoms with E-state index < -0.39 is 8.56 Å². The first kappa shape index (κ1) is 14.5. The maximum atomic E-state index is 9.34. The zero-order valence-corrected chi connectivity index (χ0v) is 13.3. The molecule has 0 amide bonds. The summed E-state index contributed by atoms with van der Waals surface area (Å²) in [5.41, 5.74) is 0. The summed E-state index contributed by atoms with van der Waals surface area (Å²) in [7, 11) is -2.38. The summed E-state index contributed by atoms with van der Waals surface area (Å²) in [6, 6.07) is 0. The summed E-state index contributed by atoms with van der Waals surface area (Å²) >= 11 is 0. The van der Waals surface area contributed by atoms with Crippen LogP contribution in [0, 0.1) is 0 Å². The summed E-state index contributed by atoms with van der Waals surface area (Å²) in [5.74, 6) is 0. The Morgan fingerprint density at radius 3 is 2.06 bits per heavy atom. The molecule has 0 spiro atoms. The first-order valence-corrected chi connectivity index (χ1v) is 8.52. The van der Waals surface area contributed by atoms with Crippen LogP contribution in [0.1, 0.15) is 41.5 Å². The minimum atomic E-state index is -2.38. The molecule has 2 saturated heterocycles. The van der Waals surface area contributed by atoms with Gasteiger partial charge in [-0.25, -0.2) is 0 Å². The van der Waals surface area contributed by atoms with Crippen LogP contribution in [0.4, 0.5) is 0 Å². The van der Waals surface area contributed by atoms with E-state index in [0.717, 1.165) is 0 Å². The van der Waals surface area contributed by atoms with Crippen LogP contribution in [0.5, 0.6) is 0 Å². The van der Waals surface area contributed by atoms with Crippen molar-refractivity contribution in [2.45, 2.75) is 69.9 Å². The molecule has 3 atom stereocenters. The Morgan fingerprint density at radius 2 is 1.61 bits per heavy atom. The molecule has 2 aliphatic rings. The van der Waals surface area contributed by atoms with Gasteiger partial charge in [-0.3, -0.25) is 0 Å². The van der Waals surface area contributed by atoms with E-state index in [-0.39, 0.29) is 35.0 Å². The number of ether oxygens (including phenoxy) is 1. The quantitative estimate of drug-likeness (QED) is 0.745. The number of fused-ring (bicyclic) bond motifs is 1. The summed E-state index contributed by atoms with van der Waals surface area (Å²) < 4.78 is 18.4. The molecule has 0 aromatic heterocycles. The van der Waals surface area contributed by atoms with Crippen LogP contribution in [0.15, 0.2) is 0 Å². The lowest BCUT2D eigenvalue weighted by molar-refractivity contribution is 0.00348. The maximum absolute atomic E-state index is 9.34. The van der Waals surface area contributed by atoms with E-state index in [4.69, 9.17) is 13.6 Å². The summed E-state index contributed by atoms with van der Waals surface area (Å²) in [4.78, 5) is 0. The molecule has 0 bridgehead atoms. The van der Waals surface area contributed by atoms with Crippen molar-refractivity contribution in [2.75, 3.05) is 13.2 Å². The van der Waals surface area contributed by atoms with Crippen LogP contribution in [0.25, 0.3) is 0 Å². The van der Waals surface area contributed by atoms with Gasteiger partial charge in [-0.15, -0.1) is 0 Å². The number of rotatable bonds is 1. The van der Waals surface area contributed by atoms with Crippen molar-refractivity contribution >= 4 is 8.56 Å². The Hall–Kier alpha value is 0.0569. The molecule has 106 valence electrons. The van der Waals surface area contributed by atoms with Crippen LogP contribution in [0.2, 0.25) is 10.1 Å². The normalized spacial score (nSPS) is 35.8. The van der Waals surface area contributed by atoms with Gasteiger partial charge in [-0.05, 0) is 0 Å². The van der Waals surface area contributed by atoms with E-state index in [1.54, 1.807) is 0 Å². The molecule has 18 heavy (non-hydrogen) atoms. The molecule has 2 rings (SSSR count). The molecule has 2 fully saturated rings. The lowest BCUT2D eigenvalue weighted by atomic mass is 10.2. The van der Waals surface area contributed by atoms with Crippen LogP contribution in [-0.4, -0.2) is 45.2 Å². The molecule has 2 heterocycles. The van der Waals surface area contributed by atoms with Crippen molar-refractivity contribution in [1.82, 2.24) is 0 Å².